The van der Waals surface area contributed by atoms with Crippen molar-refractivity contribution in [2.75, 3.05) is 6.61 Å². The van der Waals surface area contributed by atoms with Crippen LogP contribution in [0, 0.1) is 10.1 Å². The van der Waals surface area contributed by atoms with Crippen LogP contribution in [-0.4, -0.2) is 17.3 Å². The van der Waals surface area contributed by atoms with Crippen molar-refractivity contribution >= 4 is 23.1 Å². The van der Waals surface area contributed by atoms with Gasteiger partial charge in [-0.25, -0.2) is 0 Å². The molecule has 0 aliphatic heterocycles. The van der Waals surface area contributed by atoms with Crippen molar-refractivity contribution in [2.24, 2.45) is 0 Å². The van der Waals surface area contributed by atoms with Gasteiger partial charge in [-0.15, -0.1) is 0 Å². The molecule has 5 nitrogen and oxygen atoms in total. The van der Waals surface area contributed by atoms with Gasteiger partial charge >= 0.3 is 5.69 Å². The lowest BCUT2D eigenvalue weighted by molar-refractivity contribution is -0.385. The van der Waals surface area contributed by atoms with Crippen molar-refractivity contribution in [3.8, 4) is 5.75 Å². The minimum atomic E-state index is -0.679. The summed E-state index contributed by atoms with van der Waals surface area (Å²) in [7, 11) is 0. The Morgan fingerprint density at radius 1 is 1.56 bits per heavy atom. The smallest absolute Gasteiger partial charge is 0.302 e. The van der Waals surface area contributed by atoms with Crippen LogP contribution in [0.25, 0.3) is 0 Å². The van der Waals surface area contributed by atoms with Gasteiger partial charge in [-0.1, -0.05) is 11.6 Å². The number of rotatable bonds is 4. The van der Waals surface area contributed by atoms with E-state index >= 15 is 0 Å². The van der Waals surface area contributed by atoms with Gasteiger partial charge in [0.15, 0.2) is 5.78 Å². The second-order valence-corrected chi connectivity index (χ2v) is 3.42. The normalized spacial score (nSPS) is 9.94. The summed E-state index contributed by atoms with van der Waals surface area (Å²) >= 11 is 5.69. The standard InChI is InChI=1S/C10H10ClNO4/c1-3-16-8-5-4-7(11)10(12(14)15)9(8)6(2)13/h4-5H,3H2,1-2H3. The van der Waals surface area contributed by atoms with Crippen LogP contribution in [0.5, 0.6) is 5.75 Å². The highest BCUT2D eigenvalue weighted by Crippen LogP contribution is 2.35. The van der Waals surface area contributed by atoms with E-state index in [0.717, 1.165) is 0 Å². The third kappa shape index (κ3) is 2.30. The third-order valence-electron chi connectivity index (χ3n) is 1.92. The van der Waals surface area contributed by atoms with E-state index in [1.54, 1.807) is 6.92 Å². The summed E-state index contributed by atoms with van der Waals surface area (Å²) in [6.07, 6.45) is 0. The molecule has 0 saturated heterocycles. The lowest BCUT2D eigenvalue weighted by Gasteiger charge is -2.08. The highest BCUT2D eigenvalue weighted by Gasteiger charge is 2.26. The van der Waals surface area contributed by atoms with Crippen LogP contribution in [0.2, 0.25) is 5.02 Å². The summed E-state index contributed by atoms with van der Waals surface area (Å²) in [5.41, 5.74) is -0.487. The van der Waals surface area contributed by atoms with Gasteiger partial charge in [0.05, 0.1) is 11.5 Å². The van der Waals surface area contributed by atoms with Crippen LogP contribution >= 0.6 is 11.6 Å². The number of halogens is 1. The fourth-order valence-electron chi connectivity index (χ4n) is 1.34. The maximum atomic E-state index is 11.4. The number of carbonyl (C=O) groups is 1. The van der Waals surface area contributed by atoms with E-state index in [-0.39, 0.29) is 16.3 Å². The molecule has 1 rings (SSSR count). The van der Waals surface area contributed by atoms with E-state index in [0.29, 0.717) is 6.61 Å². The minimum Gasteiger partial charge on any atom is -0.493 e. The predicted octanol–water partition coefficient (Wildman–Crippen LogP) is 2.85. The number of nitro benzene ring substituents is 1. The van der Waals surface area contributed by atoms with Gasteiger partial charge in [-0.3, -0.25) is 14.9 Å². The van der Waals surface area contributed by atoms with E-state index < -0.39 is 16.4 Å². The molecule has 0 heterocycles. The first-order valence-electron chi connectivity index (χ1n) is 4.59. The first-order valence-corrected chi connectivity index (χ1v) is 4.97. The van der Waals surface area contributed by atoms with E-state index in [9.17, 15) is 14.9 Å². The van der Waals surface area contributed by atoms with Crippen LogP contribution in [0.15, 0.2) is 12.1 Å². The van der Waals surface area contributed by atoms with Crippen LogP contribution < -0.4 is 4.74 Å². The molecular formula is C10H10ClNO4. The Labute approximate surface area is 97.1 Å². The van der Waals surface area contributed by atoms with Crippen molar-refractivity contribution in [3.05, 3.63) is 32.8 Å². The molecule has 16 heavy (non-hydrogen) atoms. The van der Waals surface area contributed by atoms with E-state index in [1.165, 1.54) is 19.1 Å². The fourth-order valence-corrected chi connectivity index (χ4v) is 1.57. The molecule has 1 aromatic rings. The summed E-state index contributed by atoms with van der Waals surface area (Å²) in [4.78, 5) is 21.5. The Morgan fingerprint density at radius 3 is 2.62 bits per heavy atom. The summed E-state index contributed by atoms with van der Waals surface area (Å²) in [6.45, 7) is 3.28. The van der Waals surface area contributed by atoms with Crippen molar-refractivity contribution in [1.82, 2.24) is 0 Å². The van der Waals surface area contributed by atoms with E-state index in [1.807, 2.05) is 0 Å². The first-order chi connectivity index (χ1) is 7.49. The Kier molecular flexibility index (Phi) is 3.84. The number of carbonyl (C=O) groups excluding carboxylic acids is 1. The van der Waals surface area contributed by atoms with Gasteiger partial charge in [0.1, 0.15) is 16.3 Å². The molecule has 0 aromatic heterocycles. The van der Waals surface area contributed by atoms with Crippen LogP contribution in [-0.2, 0) is 0 Å². The monoisotopic (exact) mass is 243 g/mol. The summed E-state index contributed by atoms with van der Waals surface area (Å²) in [5.74, 6) is -0.260. The van der Waals surface area contributed by atoms with Gasteiger partial charge in [0, 0.05) is 0 Å². The highest BCUT2D eigenvalue weighted by atomic mass is 35.5. The SMILES string of the molecule is CCOc1ccc(Cl)c([N+](=O)[O-])c1C(C)=O. The second kappa shape index (κ2) is 4.94. The van der Waals surface area contributed by atoms with Crippen LogP contribution in [0.1, 0.15) is 24.2 Å². The van der Waals surface area contributed by atoms with E-state index in [2.05, 4.69) is 0 Å². The average molecular weight is 244 g/mol. The zero-order chi connectivity index (χ0) is 12.3. The number of nitro groups is 1. The van der Waals surface area contributed by atoms with Gasteiger partial charge in [-0.05, 0) is 26.0 Å². The lowest BCUT2D eigenvalue weighted by atomic mass is 10.1. The summed E-state index contributed by atoms with van der Waals surface area (Å²) < 4.78 is 5.16. The van der Waals surface area contributed by atoms with Gasteiger partial charge in [0.2, 0.25) is 0 Å². The van der Waals surface area contributed by atoms with Crippen molar-refractivity contribution in [3.63, 3.8) is 0 Å². The molecule has 1 aromatic carbocycles. The number of Topliss-reactive ketones (excluding diaryl/α,β-unsaturated/α-hetero) is 1. The molecule has 86 valence electrons. The lowest BCUT2D eigenvalue weighted by Crippen LogP contribution is -2.05. The summed E-state index contributed by atoms with van der Waals surface area (Å²) in [5, 5.41) is 10.7. The quantitative estimate of drug-likeness (QED) is 0.463. The molecule has 0 N–H and O–H groups in total. The van der Waals surface area contributed by atoms with Gasteiger partial charge in [0.25, 0.3) is 0 Å². The van der Waals surface area contributed by atoms with Gasteiger partial charge in [-0.2, -0.15) is 0 Å². The molecule has 0 aliphatic rings. The number of hydrogen-bond donors (Lipinski definition) is 0. The Hall–Kier alpha value is -1.62. The highest BCUT2D eigenvalue weighted by molar-refractivity contribution is 6.33. The number of benzene rings is 1. The molecule has 0 unspecified atom stereocenters. The number of ketones is 1. The maximum Gasteiger partial charge on any atom is 0.302 e. The molecule has 0 spiro atoms. The largest absolute Gasteiger partial charge is 0.493 e. The molecule has 0 amide bonds. The van der Waals surface area contributed by atoms with Crippen LogP contribution in [0.4, 0.5) is 5.69 Å². The van der Waals surface area contributed by atoms with Crippen molar-refractivity contribution in [1.29, 1.82) is 0 Å². The number of ether oxygens (including phenoxy) is 1. The molecule has 0 bridgehead atoms. The molecular weight excluding hydrogens is 234 g/mol. The second-order valence-electron chi connectivity index (χ2n) is 3.02. The topological polar surface area (TPSA) is 69.4 Å². The molecule has 0 radical (unpaired) electrons. The average Bonchev–Trinajstić information content (AvgIpc) is 2.19. The summed E-state index contributed by atoms with van der Waals surface area (Å²) in [6, 6.07) is 2.80. The van der Waals surface area contributed by atoms with Crippen molar-refractivity contribution < 1.29 is 14.5 Å². The number of nitrogens with zero attached hydrogens (tertiary/aromatic N) is 1. The number of hydrogen-bond acceptors (Lipinski definition) is 4. The zero-order valence-electron chi connectivity index (χ0n) is 8.82. The molecule has 6 heteroatoms. The Balaban J connectivity index is 3.49. The minimum absolute atomic E-state index is 0.0707. The Morgan fingerprint density at radius 2 is 2.19 bits per heavy atom. The first kappa shape index (κ1) is 12.4. The van der Waals surface area contributed by atoms with Crippen LogP contribution in [0.3, 0.4) is 0 Å². The van der Waals surface area contributed by atoms with Crippen molar-refractivity contribution in [2.45, 2.75) is 13.8 Å². The fraction of sp³-hybridized carbons (Fsp3) is 0.300. The van der Waals surface area contributed by atoms with E-state index in [4.69, 9.17) is 16.3 Å². The molecule has 0 aliphatic carbocycles. The maximum absolute atomic E-state index is 11.4. The molecule has 0 atom stereocenters. The zero-order valence-corrected chi connectivity index (χ0v) is 9.58. The third-order valence-corrected chi connectivity index (χ3v) is 2.23. The molecule has 0 fully saturated rings. The molecule has 0 saturated carbocycles. The Bertz CT molecular complexity index is 445. The predicted molar refractivity (Wildman–Crippen MR) is 59.3 cm³/mol. The van der Waals surface area contributed by atoms with Gasteiger partial charge < -0.3 is 4.74 Å².